The second kappa shape index (κ2) is 49.6. The maximum atomic E-state index is 13.0. The number of unbranched alkanes of at least 4 members (excludes halogenated alkanes) is 44. The van der Waals surface area contributed by atoms with Crippen molar-refractivity contribution < 1.29 is 53.9 Å². The number of carbonyl (C=O) groups is 1. The molecule has 0 radical (unpaired) electrons. The highest BCUT2D eigenvalue weighted by Crippen LogP contribution is 2.47. The van der Waals surface area contributed by atoms with E-state index in [1.54, 1.807) is 0 Å². The number of aliphatic hydroxyl groups excluding tert-OH is 6. The lowest BCUT2D eigenvalue weighted by atomic mass is 9.85. The fourth-order valence-corrected chi connectivity index (χ4v) is 11.6. The third-order valence-corrected chi connectivity index (χ3v) is 16.7. The van der Waals surface area contributed by atoms with Crippen LogP contribution in [0, 0.1) is 0 Å². The molecule has 1 amide bonds. The normalized spacial score (nSPS) is 20.8. The van der Waals surface area contributed by atoms with Gasteiger partial charge in [0, 0.05) is 6.42 Å². The summed E-state index contributed by atoms with van der Waals surface area (Å²) >= 11 is 0. The minimum absolute atomic E-state index is 0.243. The van der Waals surface area contributed by atoms with Crippen LogP contribution in [0.4, 0.5) is 0 Å². The van der Waals surface area contributed by atoms with Crippen molar-refractivity contribution in [1.82, 2.24) is 5.32 Å². The van der Waals surface area contributed by atoms with Gasteiger partial charge in [-0.1, -0.05) is 303 Å². The molecule has 0 aromatic carbocycles. The average molecular weight is 1060 g/mol. The minimum Gasteiger partial charge on any atom is -0.391 e. The van der Waals surface area contributed by atoms with E-state index in [0.717, 1.165) is 38.5 Å². The predicted molar refractivity (Wildman–Crippen MR) is 302 cm³/mol. The molecule has 436 valence electrons. The number of nitrogens with one attached hydrogen (secondary N) is 1. The standard InChI is InChI=1S/C60H120NO11P/c1-3-5-7-9-11-13-15-16-17-18-19-20-21-22-23-24-25-26-27-28-29-30-31-32-33-34-35-36-37-38-39-40-42-44-46-48-50-54(63)61-52(53(62)49-47-45-43-41-14-12-10-8-6-4-2)51-71-73(69,70)72-60-58(67)56(65)55(64)57(66)59(60)68/h52-53,55-60,62,64-68H,3-51H2,1-2H3,(H,61,63)(H,69,70)/t52-,53+,55?,56+,57?,58?,59?,60?/m0/s1. The molecule has 1 rings (SSSR count). The van der Waals surface area contributed by atoms with Gasteiger partial charge in [-0.05, 0) is 12.8 Å². The second-order valence-corrected chi connectivity index (χ2v) is 24.0. The van der Waals surface area contributed by atoms with Crippen LogP contribution in [0.5, 0.6) is 0 Å². The van der Waals surface area contributed by atoms with Crippen molar-refractivity contribution in [3.05, 3.63) is 0 Å². The number of amides is 1. The molecule has 6 unspecified atom stereocenters. The van der Waals surface area contributed by atoms with Gasteiger partial charge in [-0.15, -0.1) is 0 Å². The van der Waals surface area contributed by atoms with Gasteiger partial charge in [-0.25, -0.2) is 4.57 Å². The molecular weight excluding hydrogens is 942 g/mol. The summed E-state index contributed by atoms with van der Waals surface area (Å²) in [6, 6.07) is -1.03. The van der Waals surface area contributed by atoms with E-state index in [1.165, 1.54) is 244 Å². The van der Waals surface area contributed by atoms with E-state index in [9.17, 15) is 44.9 Å². The maximum absolute atomic E-state index is 13.0. The fraction of sp³-hybridized carbons (Fsp3) is 0.983. The summed E-state index contributed by atoms with van der Waals surface area (Å²) in [5, 5.41) is 64.3. The molecule has 1 aliphatic carbocycles. The van der Waals surface area contributed by atoms with Crippen molar-refractivity contribution in [2.75, 3.05) is 6.61 Å². The second-order valence-electron chi connectivity index (χ2n) is 22.6. The smallest absolute Gasteiger partial charge is 0.391 e. The van der Waals surface area contributed by atoms with Gasteiger partial charge < -0.3 is 40.8 Å². The number of phosphoric acid groups is 1. The van der Waals surface area contributed by atoms with Gasteiger partial charge in [0.2, 0.25) is 5.91 Å². The Bertz CT molecular complexity index is 1230. The van der Waals surface area contributed by atoms with Crippen molar-refractivity contribution >= 4 is 13.7 Å². The molecule has 0 aliphatic heterocycles. The lowest BCUT2D eigenvalue weighted by molar-refractivity contribution is -0.220. The molecular formula is C60H120NO11P. The van der Waals surface area contributed by atoms with Crippen LogP contribution < -0.4 is 5.32 Å². The molecule has 8 N–H and O–H groups in total. The number of hydrogen-bond acceptors (Lipinski definition) is 10. The molecule has 0 saturated heterocycles. The van der Waals surface area contributed by atoms with Crippen LogP contribution >= 0.6 is 7.82 Å². The van der Waals surface area contributed by atoms with E-state index in [-0.39, 0.29) is 12.3 Å². The Morgan fingerprint density at radius 2 is 0.658 bits per heavy atom. The zero-order chi connectivity index (χ0) is 53.5. The summed E-state index contributed by atoms with van der Waals surface area (Å²) in [4.78, 5) is 23.5. The molecule has 0 aromatic heterocycles. The Kier molecular flexibility index (Phi) is 47.8. The molecule has 9 atom stereocenters. The first-order valence-corrected chi connectivity index (χ1v) is 33.0. The molecule has 73 heavy (non-hydrogen) atoms. The fourth-order valence-electron chi connectivity index (χ4n) is 10.6. The first-order chi connectivity index (χ1) is 35.4. The zero-order valence-electron chi connectivity index (χ0n) is 47.5. The first kappa shape index (κ1) is 70.4. The lowest BCUT2D eigenvalue weighted by Crippen LogP contribution is -2.64. The van der Waals surface area contributed by atoms with Gasteiger partial charge in [-0.2, -0.15) is 0 Å². The van der Waals surface area contributed by atoms with Crippen LogP contribution in [0.1, 0.15) is 322 Å². The van der Waals surface area contributed by atoms with Gasteiger partial charge in [-0.3, -0.25) is 13.8 Å². The zero-order valence-corrected chi connectivity index (χ0v) is 48.4. The quantitative estimate of drug-likeness (QED) is 0.0212. The summed E-state index contributed by atoms with van der Waals surface area (Å²) in [6.07, 6.45) is 47.8. The predicted octanol–water partition coefficient (Wildman–Crippen LogP) is 14.9. The summed E-state index contributed by atoms with van der Waals surface area (Å²) in [5.41, 5.74) is 0. The Labute approximate surface area is 448 Å². The number of rotatable bonds is 55. The SMILES string of the molecule is CCCCCCCCCCCCCCCCCCCCCCCCCCCCCCCCCCCCCCC(=O)N[C@@H](COP(=O)(O)OC1C(O)C(O)C(O)[C@@H](O)C1O)[C@H](O)CCCCCCCCCCCC. The Morgan fingerprint density at radius 1 is 0.411 bits per heavy atom. The highest BCUT2D eigenvalue weighted by atomic mass is 31.2. The van der Waals surface area contributed by atoms with Crippen molar-refractivity contribution in [3.8, 4) is 0 Å². The van der Waals surface area contributed by atoms with Crippen molar-refractivity contribution in [2.24, 2.45) is 0 Å². The molecule has 0 heterocycles. The molecule has 0 spiro atoms. The molecule has 12 nitrogen and oxygen atoms in total. The third-order valence-electron chi connectivity index (χ3n) is 15.7. The van der Waals surface area contributed by atoms with E-state index in [1.807, 2.05) is 0 Å². The van der Waals surface area contributed by atoms with Crippen molar-refractivity contribution in [1.29, 1.82) is 0 Å². The first-order valence-electron chi connectivity index (χ1n) is 31.5. The van der Waals surface area contributed by atoms with Crippen LogP contribution in [0.15, 0.2) is 0 Å². The summed E-state index contributed by atoms with van der Waals surface area (Å²) in [7, 11) is -5.05. The molecule has 0 aromatic rings. The minimum atomic E-state index is -5.05. The van der Waals surface area contributed by atoms with Crippen LogP contribution in [-0.4, -0.2) is 96.8 Å². The van der Waals surface area contributed by atoms with E-state index in [2.05, 4.69) is 19.2 Å². The number of hydrogen-bond donors (Lipinski definition) is 8. The molecule has 13 heteroatoms. The van der Waals surface area contributed by atoms with Crippen LogP contribution in [0.25, 0.3) is 0 Å². The molecule has 1 fully saturated rings. The Morgan fingerprint density at radius 3 is 0.945 bits per heavy atom. The van der Waals surface area contributed by atoms with E-state index in [4.69, 9.17) is 9.05 Å². The van der Waals surface area contributed by atoms with Crippen molar-refractivity contribution in [3.63, 3.8) is 0 Å². The summed E-state index contributed by atoms with van der Waals surface area (Å²) in [5.74, 6) is -0.302. The molecule has 1 saturated carbocycles. The lowest BCUT2D eigenvalue weighted by Gasteiger charge is -2.41. The Hall–Kier alpha value is -0.660. The van der Waals surface area contributed by atoms with Crippen LogP contribution in [-0.2, 0) is 18.4 Å². The highest BCUT2D eigenvalue weighted by Gasteiger charge is 2.51. The highest BCUT2D eigenvalue weighted by molar-refractivity contribution is 7.47. The average Bonchev–Trinajstić information content (AvgIpc) is 3.38. The van der Waals surface area contributed by atoms with Crippen LogP contribution in [0.3, 0.4) is 0 Å². The largest absolute Gasteiger partial charge is 0.472 e. The number of phosphoric ester groups is 1. The summed E-state index contributed by atoms with van der Waals surface area (Å²) < 4.78 is 23.0. The van der Waals surface area contributed by atoms with Gasteiger partial charge in [0.25, 0.3) is 0 Å². The third kappa shape index (κ3) is 40.2. The van der Waals surface area contributed by atoms with Crippen LogP contribution in [0.2, 0.25) is 0 Å². The molecule has 1 aliphatic rings. The Balaban J connectivity index is 2.09. The van der Waals surface area contributed by atoms with Gasteiger partial charge in [0.1, 0.15) is 36.6 Å². The van der Waals surface area contributed by atoms with Gasteiger partial charge >= 0.3 is 7.82 Å². The number of carbonyl (C=O) groups excluding carboxylic acids is 1. The molecule has 0 bridgehead atoms. The van der Waals surface area contributed by atoms with E-state index in [0.29, 0.717) is 19.3 Å². The van der Waals surface area contributed by atoms with E-state index >= 15 is 0 Å². The van der Waals surface area contributed by atoms with Gasteiger partial charge in [0.15, 0.2) is 0 Å². The number of aliphatic hydroxyl groups is 6. The topological polar surface area (TPSA) is 206 Å². The summed E-state index contributed by atoms with van der Waals surface area (Å²) in [6.45, 7) is 3.91. The van der Waals surface area contributed by atoms with Crippen molar-refractivity contribution in [2.45, 2.75) is 371 Å². The van der Waals surface area contributed by atoms with E-state index < -0.39 is 63.2 Å². The monoisotopic (exact) mass is 1060 g/mol. The maximum Gasteiger partial charge on any atom is 0.472 e. The van der Waals surface area contributed by atoms with Gasteiger partial charge in [0.05, 0.1) is 18.8 Å².